The van der Waals surface area contributed by atoms with Gasteiger partial charge in [-0.15, -0.1) is 0 Å². The number of hydrogen-bond donors (Lipinski definition) is 1. The number of aliphatic hydroxyl groups excluding tert-OH is 1. The average molecular weight is 196 g/mol. The summed E-state index contributed by atoms with van der Waals surface area (Å²) in [5.41, 5.74) is 2.23. The van der Waals surface area contributed by atoms with Gasteiger partial charge in [0.25, 0.3) is 0 Å². The van der Waals surface area contributed by atoms with E-state index in [0.29, 0.717) is 12.8 Å². The van der Waals surface area contributed by atoms with Crippen LogP contribution in [-0.2, 0) is 4.79 Å². The molecule has 0 rings (SSSR count). The van der Waals surface area contributed by atoms with E-state index in [1.807, 2.05) is 39.8 Å². The molecule has 0 bridgehead atoms. The van der Waals surface area contributed by atoms with Crippen molar-refractivity contribution >= 4 is 5.78 Å². The van der Waals surface area contributed by atoms with Crippen LogP contribution < -0.4 is 0 Å². The highest BCUT2D eigenvalue weighted by Crippen LogP contribution is 2.03. The molecule has 0 fully saturated rings. The fourth-order valence-electron chi connectivity index (χ4n) is 0.920. The summed E-state index contributed by atoms with van der Waals surface area (Å²) < 4.78 is 0. The summed E-state index contributed by atoms with van der Waals surface area (Å²) in [7, 11) is 0. The maximum absolute atomic E-state index is 11.3. The lowest BCUT2D eigenvalue weighted by atomic mass is 10.1. The SMILES string of the molecule is CC(C)=CCC(=O)C(O)CC=C(C)C. The van der Waals surface area contributed by atoms with Crippen LogP contribution in [-0.4, -0.2) is 17.0 Å². The van der Waals surface area contributed by atoms with Crippen LogP contribution >= 0.6 is 0 Å². The molecule has 2 nitrogen and oxygen atoms in total. The van der Waals surface area contributed by atoms with E-state index in [4.69, 9.17) is 0 Å². The summed E-state index contributed by atoms with van der Waals surface area (Å²) in [6.07, 6.45) is 3.64. The zero-order valence-electron chi connectivity index (χ0n) is 9.50. The molecule has 1 atom stereocenters. The van der Waals surface area contributed by atoms with Crippen LogP contribution in [0.2, 0.25) is 0 Å². The van der Waals surface area contributed by atoms with E-state index in [1.165, 1.54) is 0 Å². The molecule has 0 aromatic heterocycles. The molecule has 0 aromatic carbocycles. The number of allylic oxidation sites excluding steroid dienone is 3. The van der Waals surface area contributed by atoms with Crippen LogP contribution in [0.15, 0.2) is 23.3 Å². The average Bonchev–Trinajstić information content (AvgIpc) is 2.09. The Balaban J connectivity index is 4.01. The minimum atomic E-state index is -0.847. The molecule has 80 valence electrons. The topological polar surface area (TPSA) is 37.3 Å². The Kier molecular flexibility index (Phi) is 6.13. The Hall–Kier alpha value is -0.890. The second-order valence-corrected chi connectivity index (χ2v) is 3.98. The van der Waals surface area contributed by atoms with Gasteiger partial charge in [0.1, 0.15) is 6.10 Å². The standard InChI is InChI=1S/C12H20O2/c1-9(2)5-7-11(13)12(14)8-6-10(3)4/h5-6,11,13H,7-8H2,1-4H3. The molecule has 0 radical (unpaired) electrons. The van der Waals surface area contributed by atoms with Crippen molar-refractivity contribution in [2.75, 3.05) is 0 Å². The van der Waals surface area contributed by atoms with E-state index >= 15 is 0 Å². The molecule has 1 N–H and O–H groups in total. The zero-order valence-corrected chi connectivity index (χ0v) is 9.50. The number of hydrogen-bond acceptors (Lipinski definition) is 2. The molecule has 2 heteroatoms. The van der Waals surface area contributed by atoms with E-state index in [0.717, 1.165) is 11.1 Å². The third kappa shape index (κ3) is 6.61. The van der Waals surface area contributed by atoms with Gasteiger partial charge in [0.05, 0.1) is 0 Å². The van der Waals surface area contributed by atoms with Crippen molar-refractivity contribution in [3.05, 3.63) is 23.3 Å². The van der Waals surface area contributed by atoms with Gasteiger partial charge in [-0.05, 0) is 34.1 Å². The first-order valence-corrected chi connectivity index (χ1v) is 4.91. The molecule has 0 saturated heterocycles. The van der Waals surface area contributed by atoms with Crippen molar-refractivity contribution < 1.29 is 9.90 Å². The van der Waals surface area contributed by atoms with Gasteiger partial charge in [0, 0.05) is 6.42 Å². The number of carbonyl (C=O) groups is 1. The molecule has 0 aliphatic rings. The van der Waals surface area contributed by atoms with Crippen molar-refractivity contribution in [2.45, 2.75) is 46.6 Å². The highest BCUT2D eigenvalue weighted by molar-refractivity contribution is 5.84. The first-order valence-electron chi connectivity index (χ1n) is 4.91. The van der Waals surface area contributed by atoms with E-state index < -0.39 is 6.10 Å². The Labute approximate surface area is 86.3 Å². The van der Waals surface area contributed by atoms with Crippen LogP contribution in [0, 0.1) is 0 Å². The molecular weight excluding hydrogens is 176 g/mol. The molecule has 0 heterocycles. The van der Waals surface area contributed by atoms with Gasteiger partial charge in [-0.25, -0.2) is 0 Å². The third-order valence-electron chi connectivity index (χ3n) is 1.83. The minimum absolute atomic E-state index is 0.108. The molecule has 14 heavy (non-hydrogen) atoms. The molecule has 0 spiro atoms. The van der Waals surface area contributed by atoms with E-state index in [2.05, 4.69) is 0 Å². The van der Waals surface area contributed by atoms with Crippen LogP contribution in [0.3, 0.4) is 0 Å². The Morgan fingerprint density at radius 2 is 1.64 bits per heavy atom. The summed E-state index contributed by atoms with van der Waals surface area (Å²) in [6.45, 7) is 7.78. The Bertz CT molecular complexity index is 241. The zero-order chi connectivity index (χ0) is 11.1. The lowest BCUT2D eigenvalue weighted by molar-refractivity contribution is -0.126. The van der Waals surface area contributed by atoms with Gasteiger partial charge in [-0.2, -0.15) is 0 Å². The van der Waals surface area contributed by atoms with Crippen molar-refractivity contribution in [2.24, 2.45) is 0 Å². The summed E-state index contributed by atoms with van der Waals surface area (Å²) in [6, 6.07) is 0. The van der Waals surface area contributed by atoms with E-state index in [1.54, 1.807) is 0 Å². The number of rotatable bonds is 5. The van der Waals surface area contributed by atoms with Crippen molar-refractivity contribution in [1.82, 2.24) is 0 Å². The molecule has 0 amide bonds. The predicted octanol–water partition coefficient (Wildman–Crippen LogP) is 2.63. The summed E-state index contributed by atoms with van der Waals surface area (Å²) >= 11 is 0. The smallest absolute Gasteiger partial charge is 0.165 e. The van der Waals surface area contributed by atoms with Crippen LogP contribution in [0.4, 0.5) is 0 Å². The lowest BCUT2D eigenvalue weighted by Crippen LogP contribution is -2.18. The highest BCUT2D eigenvalue weighted by atomic mass is 16.3. The molecule has 1 unspecified atom stereocenters. The van der Waals surface area contributed by atoms with Gasteiger partial charge in [-0.1, -0.05) is 23.3 Å². The largest absolute Gasteiger partial charge is 0.385 e. The van der Waals surface area contributed by atoms with E-state index in [-0.39, 0.29) is 5.78 Å². The number of ketones is 1. The van der Waals surface area contributed by atoms with Crippen molar-refractivity contribution in [3.63, 3.8) is 0 Å². The highest BCUT2D eigenvalue weighted by Gasteiger charge is 2.11. The summed E-state index contributed by atoms with van der Waals surface area (Å²) in [5.74, 6) is -0.108. The Morgan fingerprint density at radius 1 is 1.14 bits per heavy atom. The van der Waals surface area contributed by atoms with Crippen molar-refractivity contribution in [3.8, 4) is 0 Å². The fourth-order valence-corrected chi connectivity index (χ4v) is 0.920. The quantitative estimate of drug-likeness (QED) is 0.686. The summed E-state index contributed by atoms with van der Waals surface area (Å²) in [4.78, 5) is 11.3. The first kappa shape index (κ1) is 13.1. The first-order chi connectivity index (χ1) is 6.43. The van der Waals surface area contributed by atoms with Gasteiger partial charge < -0.3 is 5.11 Å². The van der Waals surface area contributed by atoms with Gasteiger partial charge in [-0.3, -0.25) is 4.79 Å². The third-order valence-corrected chi connectivity index (χ3v) is 1.83. The number of carbonyl (C=O) groups excluding carboxylic acids is 1. The van der Waals surface area contributed by atoms with Crippen molar-refractivity contribution in [1.29, 1.82) is 0 Å². The molecule has 0 saturated carbocycles. The minimum Gasteiger partial charge on any atom is -0.385 e. The van der Waals surface area contributed by atoms with Crippen LogP contribution in [0.1, 0.15) is 40.5 Å². The Morgan fingerprint density at radius 3 is 2.07 bits per heavy atom. The second-order valence-electron chi connectivity index (χ2n) is 3.98. The summed E-state index contributed by atoms with van der Waals surface area (Å²) in [5, 5.41) is 9.46. The molecular formula is C12H20O2. The predicted molar refractivity (Wildman–Crippen MR) is 59.1 cm³/mol. The normalized spacial score (nSPS) is 11.8. The molecule has 0 aliphatic carbocycles. The number of aliphatic hydroxyl groups is 1. The van der Waals surface area contributed by atoms with Gasteiger partial charge in [0.15, 0.2) is 5.78 Å². The maximum Gasteiger partial charge on any atom is 0.165 e. The van der Waals surface area contributed by atoms with E-state index in [9.17, 15) is 9.90 Å². The van der Waals surface area contributed by atoms with Crippen LogP contribution in [0.25, 0.3) is 0 Å². The molecule has 0 aromatic rings. The van der Waals surface area contributed by atoms with Gasteiger partial charge in [0.2, 0.25) is 0 Å². The van der Waals surface area contributed by atoms with Crippen LogP contribution in [0.5, 0.6) is 0 Å². The monoisotopic (exact) mass is 196 g/mol. The number of Topliss-reactive ketones (excluding diaryl/α,β-unsaturated/α-hetero) is 1. The lowest BCUT2D eigenvalue weighted by Gasteiger charge is -2.05. The van der Waals surface area contributed by atoms with Gasteiger partial charge >= 0.3 is 0 Å². The maximum atomic E-state index is 11.3. The fraction of sp³-hybridized carbons (Fsp3) is 0.583. The second kappa shape index (κ2) is 6.55. The molecule has 0 aliphatic heterocycles.